The van der Waals surface area contributed by atoms with Gasteiger partial charge in [-0.15, -0.1) is 0 Å². The van der Waals surface area contributed by atoms with E-state index in [1.54, 1.807) is 0 Å². The fourth-order valence-electron chi connectivity index (χ4n) is 1.48. The molecular weight excluding hydrogens is 184 g/mol. The van der Waals surface area contributed by atoms with Gasteiger partial charge in [-0.05, 0) is 25.0 Å². The van der Waals surface area contributed by atoms with E-state index in [1.807, 2.05) is 30.3 Å². The normalized spacial score (nSPS) is 14.1. The highest BCUT2D eigenvalue weighted by Crippen LogP contribution is 2.31. The molecule has 15 heavy (non-hydrogen) atoms. The molecule has 2 rings (SSSR count). The monoisotopic (exact) mass is 198 g/mol. The molecule has 0 bridgehead atoms. The standard InChI is InChI=1S/C14H14O/c15-14(13-10-11-13)9-5-4-8-12-6-2-1-3-7-12/h1-3,6-7,13H,5,9-11H2. The van der Waals surface area contributed by atoms with Gasteiger partial charge in [-0.25, -0.2) is 0 Å². The third-order valence-electron chi connectivity index (χ3n) is 2.54. The second-order valence-electron chi connectivity index (χ2n) is 3.91. The Morgan fingerprint density at radius 3 is 2.67 bits per heavy atom. The van der Waals surface area contributed by atoms with Crippen LogP contribution in [0.3, 0.4) is 0 Å². The SMILES string of the molecule is O=C(CCC#Cc1ccccc1)C1CC1. The summed E-state index contributed by atoms with van der Waals surface area (Å²) in [5.74, 6) is 6.88. The summed E-state index contributed by atoms with van der Waals surface area (Å²) in [4.78, 5) is 11.3. The molecule has 0 N–H and O–H groups in total. The first-order chi connectivity index (χ1) is 7.36. The molecule has 1 aromatic carbocycles. The molecule has 0 aliphatic heterocycles. The minimum Gasteiger partial charge on any atom is -0.299 e. The van der Waals surface area contributed by atoms with Crippen LogP contribution < -0.4 is 0 Å². The second-order valence-corrected chi connectivity index (χ2v) is 3.91. The van der Waals surface area contributed by atoms with Gasteiger partial charge in [0.2, 0.25) is 0 Å². The van der Waals surface area contributed by atoms with E-state index in [0.29, 0.717) is 24.5 Å². The van der Waals surface area contributed by atoms with E-state index >= 15 is 0 Å². The summed E-state index contributed by atoms with van der Waals surface area (Å²) in [6.45, 7) is 0. The summed E-state index contributed by atoms with van der Waals surface area (Å²) in [6, 6.07) is 9.88. The Hall–Kier alpha value is -1.55. The second kappa shape index (κ2) is 4.79. The average molecular weight is 198 g/mol. The van der Waals surface area contributed by atoms with Gasteiger partial charge in [0.05, 0.1) is 0 Å². The van der Waals surface area contributed by atoms with Crippen molar-refractivity contribution >= 4 is 5.78 Å². The van der Waals surface area contributed by atoms with Gasteiger partial charge < -0.3 is 0 Å². The summed E-state index contributed by atoms with van der Waals surface area (Å²) >= 11 is 0. The first kappa shape index (κ1) is 9.98. The predicted octanol–water partition coefficient (Wildman–Crippen LogP) is 2.80. The lowest BCUT2D eigenvalue weighted by Crippen LogP contribution is -1.98. The van der Waals surface area contributed by atoms with Gasteiger partial charge in [-0.1, -0.05) is 30.0 Å². The topological polar surface area (TPSA) is 17.1 Å². The van der Waals surface area contributed by atoms with Crippen molar-refractivity contribution in [3.8, 4) is 11.8 Å². The molecule has 76 valence electrons. The molecular formula is C14H14O. The largest absolute Gasteiger partial charge is 0.299 e. The van der Waals surface area contributed by atoms with Crippen LogP contribution in [-0.2, 0) is 4.79 Å². The molecule has 1 heteroatoms. The zero-order chi connectivity index (χ0) is 10.5. The maximum atomic E-state index is 11.3. The summed E-state index contributed by atoms with van der Waals surface area (Å²) in [7, 11) is 0. The highest BCUT2D eigenvalue weighted by atomic mass is 16.1. The fraction of sp³-hybridized carbons (Fsp3) is 0.357. The quantitative estimate of drug-likeness (QED) is 0.682. The van der Waals surface area contributed by atoms with Gasteiger partial charge >= 0.3 is 0 Å². The van der Waals surface area contributed by atoms with Crippen LogP contribution >= 0.6 is 0 Å². The molecule has 0 heterocycles. The zero-order valence-corrected chi connectivity index (χ0v) is 8.70. The first-order valence-electron chi connectivity index (χ1n) is 5.43. The average Bonchev–Trinajstić information content (AvgIpc) is 3.09. The van der Waals surface area contributed by atoms with Crippen molar-refractivity contribution in [1.82, 2.24) is 0 Å². The van der Waals surface area contributed by atoms with Crippen molar-refractivity contribution < 1.29 is 4.79 Å². The number of Topliss-reactive ketones (excluding diaryl/α,β-unsaturated/α-hetero) is 1. The summed E-state index contributed by atoms with van der Waals surface area (Å²) in [6.07, 6.45) is 3.53. The van der Waals surface area contributed by atoms with E-state index in [1.165, 1.54) is 0 Å². The molecule has 1 aliphatic rings. The third-order valence-corrected chi connectivity index (χ3v) is 2.54. The summed E-state index contributed by atoms with van der Waals surface area (Å²) < 4.78 is 0. The molecule has 0 amide bonds. The lowest BCUT2D eigenvalue weighted by Gasteiger charge is -1.91. The van der Waals surface area contributed by atoms with Crippen LogP contribution in [0.15, 0.2) is 30.3 Å². The van der Waals surface area contributed by atoms with Crippen molar-refractivity contribution in [3.63, 3.8) is 0 Å². The molecule has 0 radical (unpaired) electrons. The number of hydrogen-bond donors (Lipinski definition) is 0. The number of ketones is 1. The molecule has 1 nitrogen and oxygen atoms in total. The molecule has 1 aliphatic carbocycles. The molecule has 1 aromatic rings. The van der Waals surface area contributed by atoms with E-state index in [-0.39, 0.29) is 0 Å². The highest BCUT2D eigenvalue weighted by Gasteiger charge is 2.28. The Morgan fingerprint density at radius 1 is 1.27 bits per heavy atom. The van der Waals surface area contributed by atoms with Crippen molar-refractivity contribution in [2.75, 3.05) is 0 Å². The van der Waals surface area contributed by atoms with Crippen molar-refractivity contribution in [1.29, 1.82) is 0 Å². The Balaban J connectivity index is 1.78. The van der Waals surface area contributed by atoms with E-state index in [9.17, 15) is 4.79 Å². The van der Waals surface area contributed by atoms with Crippen LogP contribution in [0.2, 0.25) is 0 Å². The van der Waals surface area contributed by atoms with E-state index in [0.717, 1.165) is 18.4 Å². The molecule has 1 fully saturated rings. The van der Waals surface area contributed by atoms with E-state index in [4.69, 9.17) is 0 Å². The molecule has 0 aromatic heterocycles. The molecule has 0 spiro atoms. The van der Waals surface area contributed by atoms with Gasteiger partial charge in [0.15, 0.2) is 0 Å². The number of carbonyl (C=O) groups is 1. The van der Waals surface area contributed by atoms with Crippen LogP contribution in [0.1, 0.15) is 31.2 Å². The fourth-order valence-corrected chi connectivity index (χ4v) is 1.48. The summed E-state index contributed by atoms with van der Waals surface area (Å²) in [5.41, 5.74) is 1.02. The minimum absolute atomic E-state index is 0.378. The van der Waals surface area contributed by atoms with Crippen LogP contribution in [0.5, 0.6) is 0 Å². The Kier molecular flexibility index (Phi) is 3.19. The Labute approximate surface area is 90.5 Å². The van der Waals surface area contributed by atoms with Crippen molar-refractivity contribution in [2.45, 2.75) is 25.7 Å². The van der Waals surface area contributed by atoms with Crippen molar-refractivity contribution in [2.24, 2.45) is 5.92 Å². The van der Waals surface area contributed by atoms with E-state index in [2.05, 4.69) is 11.8 Å². The van der Waals surface area contributed by atoms with Gasteiger partial charge in [-0.3, -0.25) is 4.79 Å². The molecule has 1 saturated carbocycles. The minimum atomic E-state index is 0.378. The van der Waals surface area contributed by atoms with Gasteiger partial charge in [0.25, 0.3) is 0 Å². The van der Waals surface area contributed by atoms with Gasteiger partial charge in [0, 0.05) is 24.3 Å². The third kappa shape index (κ3) is 3.25. The van der Waals surface area contributed by atoms with Crippen LogP contribution in [0, 0.1) is 17.8 Å². The number of hydrogen-bond acceptors (Lipinski definition) is 1. The molecule has 0 atom stereocenters. The number of carbonyl (C=O) groups excluding carboxylic acids is 1. The van der Waals surface area contributed by atoms with Crippen LogP contribution in [-0.4, -0.2) is 5.78 Å². The predicted molar refractivity (Wildman–Crippen MR) is 60.3 cm³/mol. The number of rotatable bonds is 3. The number of benzene rings is 1. The zero-order valence-electron chi connectivity index (χ0n) is 8.70. The maximum Gasteiger partial charge on any atom is 0.136 e. The first-order valence-corrected chi connectivity index (χ1v) is 5.43. The van der Waals surface area contributed by atoms with Crippen LogP contribution in [0.4, 0.5) is 0 Å². The molecule has 0 saturated heterocycles. The van der Waals surface area contributed by atoms with Crippen molar-refractivity contribution in [3.05, 3.63) is 35.9 Å². The lowest BCUT2D eigenvalue weighted by atomic mass is 10.1. The van der Waals surface area contributed by atoms with Crippen LogP contribution in [0.25, 0.3) is 0 Å². The molecule has 0 unspecified atom stereocenters. The highest BCUT2D eigenvalue weighted by molar-refractivity contribution is 5.83. The lowest BCUT2D eigenvalue weighted by molar-refractivity contribution is -0.120. The smallest absolute Gasteiger partial charge is 0.136 e. The maximum absolute atomic E-state index is 11.3. The Morgan fingerprint density at radius 2 is 2.00 bits per heavy atom. The Bertz CT molecular complexity index is 390. The van der Waals surface area contributed by atoms with Gasteiger partial charge in [-0.2, -0.15) is 0 Å². The van der Waals surface area contributed by atoms with Gasteiger partial charge in [0.1, 0.15) is 5.78 Å². The van der Waals surface area contributed by atoms with E-state index < -0.39 is 0 Å². The summed E-state index contributed by atoms with van der Waals surface area (Å²) in [5, 5.41) is 0.